The van der Waals surface area contributed by atoms with Crippen molar-refractivity contribution in [3.8, 4) is 5.75 Å². The number of phenolic OH excluding ortho intramolecular Hbond substituents is 1. The van der Waals surface area contributed by atoms with E-state index < -0.39 is 0 Å². The number of phenols is 1. The van der Waals surface area contributed by atoms with Crippen LogP contribution >= 0.6 is 34.2 Å². The third-order valence-corrected chi connectivity index (χ3v) is 2.90. The van der Waals surface area contributed by atoms with Gasteiger partial charge in [0.1, 0.15) is 5.52 Å². The van der Waals surface area contributed by atoms with Gasteiger partial charge in [-0.1, -0.05) is 11.6 Å². The van der Waals surface area contributed by atoms with Crippen molar-refractivity contribution in [2.24, 2.45) is 0 Å². The number of pyridine rings is 1. The summed E-state index contributed by atoms with van der Waals surface area (Å²) in [5.74, 6) is 0.195. The van der Waals surface area contributed by atoms with Crippen LogP contribution < -0.4 is 0 Å². The minimum Gasteiger partial charge on any atom is -0.505 e. The van der Waals surface area contributed by atoms with Crippen LogP contribution in [0.2, 0.25) is 5.02 Å². The van der Waals surface area contributed by atoms with E-state index in [-0.39, 0.29) is 22.8 Å². The van der Waals surface area contributed by atoms with Crippen molar-refractivity contribution >= 4 is 45.1 Å². The van der Waals surface area contributed by atoms with Crippen LogP contribution in [0.25, 0.3) is 10.9 Å². The van der Waals surface area contributed by atoms with Gasteiger partial charge in [-0.15, -0.1) is 0 Å². The van der Waals surface area contributed by atoms with Crippen molar-refractivity contribution in [3.05, 3.63) is 33.0 Å². The fourth-order valence-corrected chi connectivity index (χ4v) is 2.17. The fraction of sp³-hybridized carbons (Fsp3) is 0. The first kappa shape index (κ1) is 12.0. The zero-order chi connectivity index (χ0) is 9.42. The van der Waals surface area contributed by atoms with Crippen molar-refractivity contribution in [1.29, 1.82) is 0 Å². The van der Waals surface area contributed by atoms with E-state index in [2.05, 4.69) is 4.98 Å². The van der Waals surface area contributed by atoms with Crippen molar-refractivity contribution in [2.45, 2.75) is 0 Å². The number of rotatable bonds is 0. The number of halogens is 2. The Morgan fingerprint density at radius 2 is 2.14 bits per heavy atom. The van der Waals surface area contributed by atoms with Gasteiger partial charge >= 0.3 is 0 Å². The molecule has 0 unspecified atom stereocenters. The molecule has 0 aliphatic heterocycles. The van der Waals surface area contributed by atoms with Gasteiger partial charge in [-0.2, -0.15) is 0 Å². The van der Waals surface area contributed by atoms with Crippen molar-refractivity contribution in [2.75, 3.05) is 0 Å². The SMILES string of the molecule is Oc1c([125I])cc(Cl)c2cccnc12.[Cu]. The average molecular weight is 367 g/mol. The maximum absolute atomic E-state index is 9.65. The average Bonchev–Trinajstić information content (AvgIpc) is 2.15. The number of hydrogen-bond acceptors (Lipinski definition) is 2. The summed E-state index contributed by atoms with van der Waals surface area (Å²) >= 11 is 8.00. The fourth-order valence-electron chi connectivity index (χ4n) is 1.16. The zero-order valence-corrected chi connectivity index (χ0v) is 10.6. The quantitative estimate of drug-likeness (QED) is 0.573. The molecule has 0 saturated heterocycles. The van der Waals surface area contributed by atoms with E-state index in [1.165, 1.54) is 0 Å². The molecule has 0 fully saturated rings. The molecule has 14 heavy (non-hydrogen) atoms. The smallest absolute Gasteiger partial charge is 0.155 e. The summed E-state index contributed by atoms with van der Waals surface area (Å²) in [5.41, 5.74) is 0.555. The number of benzene rings is 1. The number of fused-ring (bicyclic) bond motifs is 1. The summed E-state index contributed by atoms with van der Waals surface area (Å²) in [6.07, 6.45) is 1.63. The van der Waals surface area contributed by atoms with Crippen LogP contribution in [0.5, 0.6) is 5.75 Å². The molecule has 1 radical (unpaired) electrons. The molecule has 0 spiro atoms. The Kier molecular flexibility index (Phi) is 4.01. The first-order valence-corrected chi connectivity index (χ1v) is 5.07. The normalized spacial score (nSPS) is 9.86. The van der Waals surface area contributed by atoms with E-state index in [0.29, 0.717) is 14.1 Å². The molecule has 0 atom stereocenters. The Bertz CT molecular complexity index is 478. The van der Waals surface area contributed by atoms with Crippen LogP contribution in [-0.4, -0.2) is 10.1 Å². The molecule has 77 valence electrons. The standard InChI is InChI=1S/C9H5ClINO.Cu/c10-6-4-7(11)9(13)8-5(6)2-1-3-12-8;/h1-4,13H;/i11-2;. The van der Waals surface area contributed by atoms with Crippen LogP contribution in [0.15, 0.2) is 24.4 Å². The summed E-state index contributed by atoms with van der Waals surface area (Å²) in [6, 6.07) is 5.35. The second kappa shape index (κ2) is 4.66. The monoisotopic (exact) mass is 366 g/mol. The van der Waals surface area contributed by atoms with E-state index in [1.54, 1.807) is 18.3 Å². The van der Waals surface area contributed by atoms with Crippen LogP contribution in [0.4, 0.5) is 0 Å². The molecule has 0 aliphatic rings. The zero-order valence-electron chi connectivity index (χ0n) is 6.76. The van der Waals surface area contributed by atoms with E-state index in [4.69, 9.17) is 11.6 Å². The summed E-state index contributed by atoms with van der Waals surface area (Å²) in [4.78, 5) is 4.06. The molecule has 1 heterocycles. The van der Waals surface area contributed by atoms with Gasteiger partial charge in [-0.25, -0.2) is 0 Å². The molecule has 5 heteroatoms. The van der Waals surface area contributed by atoms with Gasteiger partial charge in [0.25, 0.3) is 0 Å². The summed E-state index contributed by atoms with van der Waals surface area (Å²) < 4.78 is 0.716. The predicted molar refractivity (Wildman–Crippen MR) is 61.1 cm³/mol. The van der Waals surface area contributed by atoms with Crippen LogP contribution in [0.1, 0.15) is 0 Å². The van der Waals surface area contributed by atoms with Crippen LogP contribution in [-0.2, 0) is 17.1 Å². The molecule has 0 saturated carbocycles. The Morgan fingerprint density at radius 3 is 2.86 bits per heavy atom. The topological polar surface area (TPSA) is 33.1 Å². The second-order valence-corrected chi connectivity index (χ2v) is 4.16. The molecule has 1 N–H and O–H groups in total. The van der Waals surface area contributed by atoms with E-state index >= 15 is 0 Å². The number of aromatic hydroxyl groups is 1. The molecule has 1 aromatic heterocycles. The Labute approximate surface area is 110 Å². The molecule has 0 aliphatic carbocycles. The minimum absolute atomic E-state index is 0. The Balaban J connectivity index is 0.000000980. The first-order valence-electron chi connectivity index (χ1n) is 3.62. The number of aromatic nitrogens is 1. The number of hydrogen-bond donors (Lipinski definition) is 1. The van der Waals surface area contributed by atoms with Gasteiger partial charge in [-0.3, -0.25) is 4.98 Å². The van der Waals surface area contributed by atoms with Crippen LogP contribution in [0, 0.1) is 3.57 Å². The van der Waals surface area contributed by atoms with Crippen LogP contribution in [0.3, 0.4) is 0 Å². The maximum Gasteiger partial charge on any atom is 0.155 e. The van der Waals surface area contributed by atoms with E-state index in [9.17, 15) is 5.11 Å². The summed E-state index contributed by atoms with van der Waals surface area (Å²) in [6.45, 7) is 0. The first-order chi connectivity index (χ1) is 6.20. The summed E-state index contributed by atoms with van der Waals surface area (Å²) in [5, 5.41) is 11.0. The molecular formula is C9H5ClCuINO. The largest absolute Gasteiger partial charge is 0.505 e. The summed E-state index contributed by atoms with van der Waals surface area (Å²) in [7, 11) is 0. The third kappa shape index (κ3) is 1.98. The molecule has 0 bridgehead atoms. The van der Waals surface area contributed by atoms with Gasteiger partial charge in [0, 0.05) is 28.7 Å². The molecular weight excluding hydrogens is 362 g/mol. The molecule has 1 aromatic carbocycles. The van der Waals surface area contributed by atoms with Gasteiger partial charge < -0.3 is 5.11 Å². The number of nitrogens with zero attached hydrogens (tertiary/aromatic N) is 1. The third-order valence-electron chi connectivity index (χ3n) is 1.77. The van der Waals surface area contributed by atoms with Gasteiger partial charge in [-0.05, 0) is 40.8 Å². The van der Waals surface area contributed by atoms with Gasteiger partial charge in [0.2, 0.25) is 0 Å². The van der Waals surface area contributed by atoms with E-state index in [0.717, 1.165) is 5.39 Å². The van der Waals surface area contributed by atoms with Gasteiger partial charge in [0.15, 0.2) is 5.75 Å². The van der Waals surface area contributed by atoms with E-state index in [1.807, 2.05) is 28.7 Å². The molecule has 2 nitrogen and oxygen atoms in total. The predicted octanol–water partition coefficient (Wildman–Crippen LogP) is 3.20. The van der Waals surface area contributed by atoms with Crippen molar-refractivity contribution in [3.63, 3.8) is 0 Å². The second-order valence-electron chi connectivity index (χ2n) is 2.59. The minimum atomic E-state index is 0. The Morgan fingerprint density at radius 1 is 1.43 bits per heavy atom. The maximum atomic E-state index is 9.65. The molecule has 2 rings (SSSR count). The van der Waals surface area contributed by atoms with Crippen molar-refractivity contribution < 1.29 is 22.2 Å². The molecule has 2 aromatic rings. The Hall–Kier alpha value is -0.0305. The van der Waals surface area contributed by atoms with Crippen molar-refractivity contribution in [1.82, 2.24) is 4.98 Å². The van der Waals surface area contributed by atoms with Gasteiger partial charge in [0.05, 0.1) is 8.59 Å². The molecule has 0 amide bonds.